The molecule has 1 unspecified atom stereocenters. The zero-order valence-electron chi connectivity index (χ0n) is 26.3. The lowest BCUT2D eigenvalue weighted by molar-refractivity contribution is 0.232. The summed E-state index contributed by atoms with van der Waals surface area (Å²) in [4.78, 5) is 14.8. The van der Waals surface area contributed by atoms with Crippen LogP contribution in [-0.2, 0) is 5.41 Å². The smallest absolute Gasteiger partial charge is 0.164 e. The van der Waals surface area contributed by atoms with Crippen LogP contribution in [0.3, 0.4) is 0 Å². The predicted octanol–water partition coefficient (Wildman–Crippen LogP) is 9.90. The van der Waals surface area contributed by atoms with Gasteiger partial charge in [0.05, 0.1) is 23.3 Å². The Bertz CT molecular complexity index is 2190. The highest BCUT2D eigenvalue weighted by atomic mass is 15.0. The van der Waals surface area contributed by atoms with E-state index in [-0.39, 0.29) is 5.41 Å². The Morgan fingerprint density at radius 3 is 1.81 bits per heavy atom. The van der Waals surface area contributed by atoms with E-state index in [0.717, 1.165) is 50.4 Å². The van der Waals surface area contributed by atoms with Gasteiger partial charge < -0.3 is 0 Å². The van der Waals surface area contributed by atoms with Gasteiger partial charge in [-0.25, -0.2) is 15.0 Å². The van der Waals surface area contributed by atoms with E-state index >= 15 is 0 Å². The minimum atomic E-state index is 0.240. The maximum atomic E-state index is 9.86. The first-order valence-electron chi connectivity index (χ1n) is 16.4. The zero-order valence-corrected chi connectivity index (χ0v) is 26.3. The number of benzene rings is 5. The molecule has 2 saturated carbocycles. The second-order valence-corrected chi connectivity index (χ2v) is 13.5. The van der Waals surface area contributed by atoms with Gasteiger partial charge in [0, 0.05) is 16.7 Å². The third kappa shape index (κ3) is 5.35. The summed E-state index contributed by atoms with van der Waals surface area (Å²) in [5.41, 5.74) is 7.62. The molecule has 0 amide bonds. The van der Waals surface area contributed by atoms with Crippen molar-refractivity contribution in [3.63, 3.8) is 0 Å². The number of nitrogens with zero attached hydrogens (tertiary/aromatic N) is 5. The number of nitriles is 2. The summed E-state index contributed by atoms with van der Waals surface area (Å²) in [5, 5.41) is 21.1. The van der Waals surface area contributed by atoms with Crippen LogP contribution >= 0.6 is 0 Å². The number of hydrogen-bond donors (Lipinski definition) is 0. The van der Waals surface area contributed by atoms with Crippen molar-refractivity contribution >= 4 is 10.8 Å². The third-order valence-corrected chi connectivity index (χ3v) is 10.3. The Labute approximate surface area is 275 Å². The Morgan fingerprint density at radius 2 is 1.15 bits per heavy atom. The van der Waals surface area contributed by atoms with E-state index in [1.54, 1.807) is 12.1 Å². The summed E-state index contributed by atoms with van der Waals surface area (Å²) < 4.78 is 0. The van der Waals surface area contributed by atoms with Crippen molar-refractivity contribution in [3.8, 4) is 57.4 Å². The van der Waals surface area contributed by atoms with Crippen molar-refractivity contribution in [3.05, 3.63) is 126 Å². The van der Waals surface area contributed by atoms with E-state index in [4.69, 9.17) is 15.0 Å². The fourth-order valence-corrected chi connectivity index (χ4v) is 8.09. The molecule has 0 radical (unpaired) electrons. The molecule has 226 valence electrons. The third-order valence-electron chi connectivity index (χ3n) is 10.3. The lowest BCUT2D eigenvalue weighted by atomic mass is 9.66. The zero-order chi connectivity index (χ0) is 32.0. The maximum Gasteiger partial charge on any atom is 0.164 e. The van der Waals surface area contributed by atoms with E-state index in [9.17, 15) is 10.5 Å². The van der Waals surface area contributed by atoms with Gasteiger partial charge in [0.25, 0.3) is 0 Å². The maximum absolute atomic E-state index is 9.86. The van der Waals surface area contributed by atoms with E-state index in [0.29, 0.717) is 28.6 Å². The molecule has 2 aliphatic rings. The summed E-state index contributed by atoms with van der Waals surface area (Å²) >= 11 is 0. The molecule has 5 nitrogen and oxygen atoms in total. The van der Waals surface area contributed by atoms with Crippen LogP contribution in [-0.4, -0.2) is 15.0 Å². The minimum Gasteiger partial charge on any atom is -0.208 e. The van der Waals surface area contributed by atoms with Crippen LogP contribution < -0.4 is 0 Å². The normalized spacial score (nSPS) is 20.1. The molecule has 2 bridgehead atoms. The molecule has 0 spiro atoms. The van der Waals surface area contributed by atoms with Gasteiger partial charge in [-0.05, 0) is 106 Å². The second kappa shape index (κ2) is 11.6. The molecule has 0 saturated heterocycles. The molecule has 5 heteroatoms. The monoisotopic (exact) mass is 607 g/mol. The van der Waals surface area contributed by atoms with Crippen molar-refractivity contribution in [1.29, 1.82) is 10.5 Å². The average molecular weight is 608 g/mol. The Kier molecular flexibility index (Phi) is 7.12. The summed E-state index contributed by atoms with van der Waals surface area (Å²) in [6, 6.07) is 40.9. The largest absolute Gasteiger partial charge is 0.208 e. The molecule has 2 aliphatic carbocycles. The van der Waals surface area contributed by atoms with Crippen molar-refractivity contribution in [1.82, 2.24) is 15.0 Å². The van der Waals surface area contributed by atoms with Crippen LogP contribution in [0.15, 0.2) is 109 Å². The van der Waals surface area contributed by atoms with Gasteiger partial charge in [0.1, 0.15) is 0 Å². The molecule has 8 rings (SSSR count). The first kappa shape index (κ1) is 28.8. The first-order valence-corrected chi connectivity index (χ1v) is 16.4. The summed E-state index contributed by atoms with van der Waals surface area (Å²) in [5.74, 6) is 3.39. The molecule has 47 heavy (non-hydrogen) atoms. The highest BCUT2D eigenvalue weighted by molar-refractivity contribution is 6.04. The van der Waals surface area contributed by atoms with Gasteiger partial charge in [-0.2, -0.15) is 10.5 Å². The van der Waals surface area contributed by atoms with Crippen LogP contribution in [0.2, 0.25) is 0 Å². The highest BCUT2D eigenvalue weighted by Gasteiger charge is 2.41. The molecular formula is C42H33N5. The van der Waals surface area contributed by atoms with E-state index in [1.165, 1.54) is 37.7 Å². The molecule has 1 aromatic heterocycles. The van der Waals surface area contributed by atoms with Crippen molar-refractivity contribution in [2.24, 2.45) is 11.8 Å². The van der Waals surface area contributed by atoms with Gasteiger partial charge in [0.15, 0.2) is 17.5 Å². The molecule has 6 aromatic rings. The van der Waals surface area contributed by atoms with Crippen LogP contribution in [0.25, 0.3) is 56.1 Å². The lowest BCUT2D eigenvalue weighted by Gasteiger charge is -2.38. The minimum absolute atomic E-state index is 0.240. The topological polar surface area (TPSA) is 86.2 Å². The molecule has 0 N–H and O–H groups in total. The summed E-state index contributed by atoms with van der Waals surface area (Å²) in [6.45, 7) is 2.46. The summed E-state index contributed by atoms with van der Waals surface area (Å²) in [6.07, 6.45) is 6.76. The standard InChI is InChI=1S/C42H33N5/c1-42(23-28-7-8-29(21-28)24-42)34-16-14-31(15-17-34)35-19-20-37(36-18-11-30(26-44)22-38(35)36)41-46-39(32-5-3-2-4-6-32)45-40(47-41)33-12-9-27(25-43)10-13-33/h2-6,9-20,22,28-29H,7-8,21,23-24H2,1H3/t28-,29+,42?. The van der Waals surface area contributed by atoms with Gasteiger partial charge in [-0.1, -0.05) is 86.5 Å². The molecule has 3 atom stereocenters. The van der Waals surface area contributed by atoms with Gasteiger partial charge >= 0.3 is 0 Å². The second-order valence-electron chi connectivity index (χ2n) is 13.5. The Hall–Kier alpha value is -5.65. The SMILES string of the molecule is CC1(c2ccc(-c3ccc(-c4nc(-c5ccccc5)nc(-c5ccc(C#N)cc5)n4)c4ccc(C#N)cc34)cc2)C[C@@H]2CC[C@@H](C2)C1. The fourth-order valence-electron chi connectivity index (χ4n) is 8.09. The molecule has 2 fully saturated rings. The molecule has 0 aliphatic heterocycles. The van der Waals surface area contributed by atoms with Crippen molar-refractivity contribution < 1.29 is 0 Å². The number of fused-ring (bicyclic) bond motifs is 3. The summed E-state index contributed by atoms with van der Waals surface area (Å²) in [7, 11) is 0. The highest BCUT2D eigenvalue weighted by Crippen LogP contribution is 2.52. The molecular weight excluding hydrogens is 574 g/mol. The quantitative estimate of drug-likeness (QED) is 0.195. The van der Waals surface area contributed by atoms with Gasteiger partial charge in [-0.3, -0.25) is 0 Å². The Morgan fingerprint density at radius 1 is 0.574 bits per heavy atom. The van der Waals surface area contributed by atoms with Crippen molar-refractivity contribution in [2.45, 2.75) is 44.4 Å². The number of rotatable bonds is 5. The van der Waals surface area contributed by atoms with E-state index in [1.807, 2.05) is 60.7 Å². The fraction of sp³-hybridized carbons (Fsp3) is 0.214. The van der Waals surface area contributed by atoms with E-state index < -0.39 is 0 Å². The van der Waals surface area contributed by atoms with E-state index in [2.05, 4.69) is 55.5 Å². The van der Waals surface area contributed by atoms with Gasteiger partial charge in [0.2, 0.25) is 0 Å². The molecule has 1 heterocycles. The first-order chi connectivity index (χ1) is 23.0. The lowest BCUT2D eigenvalue weighted by Crippen LogP contribution is -2.30. The molecule has 5 aromatic carbocycles. The number of aromatic nitrogens is 3. The van der Waals surface area contributed by atoms with Gasteiger partial charge in [-0.15, -0.1) is 0 Å². The van der Waals surface area contributed by atoms with Crippen LogP contribution in [0.4, 0.5) is 0 Å². The Balaban J connectivity index is 1.25. The van der Waals surface area contributed by atoms with Crippen LogP contribution in [0, 0.1) is 34.5 Å². The average Bonchev–Trinajstić information content (AvgIpc) is 3.49. The predicted molar refractivity (Wildman–Crippen MR) is 186 cm³/mol. The number of hydrogen-bond acceptors (Lipinski definition) is 5. The van der Waals surface area contributed by atoms with Crippen LogP contribution in [0.5, 0.6) is 0 Å². The van der Waals surface area contributed by atoms with Crippen molar-refractivity contribution in [2.75, 3.05) is 0 Å². The van der Waals surface area contributed by atoms with Crippen LogP contribution in [0.1, 0.15) is 55.7 Å².